The first-order valence-electron chi connectivity index (χ1n) is 9.84. The van der Waals surface area contributed by atoms with Gasteiger partial charge in [0.05, 0.1) is 0 Å². The second-order valence-electron chi connectivity index (χ2n) is 7.80. The summed E-state index contributed by atoms with van der Waals surface area (Å²) in [6.45, 7) is 2.51. The topological polar surface area (TPSA) is 70.1 Å². The maximum absolute atomic E-state index is 13.3. The summed E-state index contributed by atoms with van der Waals surface area (Å²) >= 11 is 0. The van der Waals surface area contributed by atoms with E-state index >= 15 is 0 Å². The Hall–Kier alpha value is -2.77. The zero-order valence-corrected chi connectivity index (χ0v) is 17.0. The minimum absolute atomic E-state index is 0.132. The van der Waals surface area contributed by atoms with Crippen LogP contribution in [0, 0.1) is 24.5 Å². The lowest BCUT2D eigenvalue weighted by Gasteiger charge is -2.29. The summed E-state index contributed by atoms with van der Waals surface area (Å²) in [6, 6.07) is 3.48. The maximum Gasteiger partial charge on any atom is 0.251 e. The molecule has 2 aromatic rings. The molecule has 8 heteroatoms. The average Bonchev–Trinajstić information content (AvgIpc) is 2.70. The average molecular weight is 403 g/mol. The van der Waals surface area contributed by atoms with Gasteiger partial charge in [0.2, 0.25) is 5.95 Å². The van der Waals surface area contributed by atoms with Crippen LogP contribution in [0.3, 0.4) is 0 Å². The smallest absolute Gasteiger partial charge is 0.251 e. The van der Waals surface area contributed by atoms with Crippen LogP contribution in [-0.4, -0.2) is 42.6 Å². The molecule has 0 radical (unpaired) electrons. The first-order chi connectivity index (χ1) is 13.8. The minimum atomic E-state index is -1.01. The van der Waals surface area contributed by atoms with E-state index in [1.807, 2.05) is 32.1 Å². The van der Waals surface area contributed by atoms with Crippen molar-refractivity contribution in [3.05, 3.63) is 47.2 Å². The first kappa shape index (κ1) is 21.0. The highest BCUT2D eigenvalue weighted by Crippen LogP contribution is 2.26. The van der Waals surface area contributed by atoms with E-state index in [0.29, 0.717) is 24.5 Å². The first-order valence-corrected chi connectivity index (χ1v) is 9.84. The Labute approximate surface area is 169 Å². The second-order valence-corrected chi connectivity index (χ2v) is 7.80. The lowest BCUT2D eigenvalue weighted by molar-refractivity contribution is 0.0942. The Morgan fingerprint density at radius 3 is 2.55 bits per heavy atom. The number of nitrogens with zero attached hydrogens (tertiary/aromatic N) is 3. The molecule has 0 bridgehead atoms. The molecule has 1 amide bonds. The van der Waals surface area contributed by atoms with E-state index in [4.69, 9.17) is 0 Å². The minimum Gasteiger partial charge on any atom is -0.362 e. The van der Waals surface area contributed by atoms with E-state index in [9.17, 15) is 13.6 Å². The Bertz CT molecular complexity index is 866. The van der Waals surface area contributed by atoms with Gasteiger partial charge in [-0.25, -0.2) is 13.8 Å². The SMILES string of the molecule is Cc1cnc(N[C@H]2CC[C@@H](CNC(=O)c3ccc(F)c(F)c3)CC2)nc1N(C)C. The standard InChI is InChI=1S/C21H27F2N5O/c1-13-11-25-21(27-19(13)28(2)3)26-16-7-4-14(5-8-16)12-24-20(29)15-6-9-17(22)18(23)10-15/h6,9-11,14,16H,4-5,7-8,12H2,1-3H3,(H,24,29)(H,25,26,27)/t14-,16+. The molecule has 29 heavy (non-hydrogen) atoms. The fourth-order valence-corrected chi connectivity index (χ4v) is 3.63. The molecular formula is C21H27F2N5O. The zero-order valence-electron chi connectivity index (χ0n) is 17.0. The van der Waals surface area contributed by atoms with Crippen LogP contribution in [-0.2, 0) is 0 Å². The third-order valence-electron chi connectivity index (χ3n) is 5.28. The molecule has 0 saturated heterocycles. The molecule has 1 aromatic carbocycles. The van der Waals surface area contributed by atoms with Crippen LogP contribution in [0.2, 0.25) is 0 Å². The number of aromatic nitrogens is 2. The van der Waals surface area contributed by atoms with E-state index < -0.39 is 11.6 Å². The lowest BCUT2D eigenvalue weighted by atomic mass is 9.86. The third-order valence-corrected chi connectivity index (χ3v) is 5.28. The summed E-state index contributed by atoms with van der Waals surface area (Å²) in [6.07, 6.45) is 5.66. The van der Waals surface area contributed by atoms with E-state index in [0.717, 1.165) is 49.2 Å². The second kappa shape index (κ2) is 9.15. The van der Waals surface area contributed by atoms with Crippen molar-refractivity contribution in [2.75, 3.05) is 30.9 Å². The highest BCUT2D eigenvalue weighted by atomic mass is 19.2. The van der Waals surface area contributed by atoms with Gasteiger partial charge in [0.25, 0.3) is 5.91 Å². The summed E-state index contributed by atoms with van der Waals surface area (Å²) < 4.78 is 26.3. The van der Waals surface area contributed by atoms with Gasteiger partial charge in [-0.3, -0.25) is 4.79 Å². The number of aryl methyl sites for hydroxylation is 1. The summed E-state index contributed by atoms with van der Waals surface area (Å²) in [5, 5.41) is 6.24. The number of amides is 1. The molecule has 0 spiro atoms. The molecule has 1 heterocycles. The number of nitrogens with one attached hydrogen (secondary N) is 2. The number of benzene rings is 1. The number of carbonyl (C=O) groups is 1. The highest BCUT2D eigenvalue weighted by Gasteiger charge is 2.22. The monoisotopic (exact) mass is 403 g/mol. The molecule has 0 atom stereocenters. The predicted octanol–water partition coefficient (Wildman–Crippen LogP) is 3.53. The normalized spacial score (nSPS) is 18.9. The van der Waals surface area contributed by atoms with Crippen LogP contribution in [0.4, 0.5) is 20.5 Å². The van der Waals surface area contributed by atoms with E-state index in [1.165, 1.54) is 6.07 Å². The van der Waals surface area contributed by atoms with Crippen molar-refractivity contribution in [2.45, 2.75) is 38.6 Å². The number of hydrogen-bond acceptors (Lipinski definition) is 5. The molecule has 0 aliphatic heterocycles. The van der Waals surface area contributed by atoms with Crippen molar-refractivity contribution in [1.29, 1.82) is 0 Å². The van der Waals surface area contributed by atoms with Crippen molar-refractivity contribution in [3.63, 3.8) is 0 Å². The predicted molar refractivity (Wildman–Crippen MR) is 109 cm³/mol. The van der Waals surface area contributed by atoms with Gasteiger partial charge < -0.3 is 15.5 Å². The number of halogens is 2. The quantitative estimate of drug-likeness (QED) is 0.772. The fraction of sp³-hybridized carbons (Fsp3) is 0.476. The molecule has 1 aliphatic rings. The Morgan fingerprint density at radius 1 is 1.17 bits per heavy atom. The lowest BCUT2D eigenvalue weighted by Crippen LogP contribution is -2.34. The van der Waals surface area contributed by atoms with Gasteiger partial charge in [-0.2, -0.15) is 4.98 Å². The van der Waals surface area contributed by atoms with Gasteiger partial charge >= 0.3 is 0 Å². The molecular weight excluding hydrogens is 376 g/mol. The molecule has 1 fully saturated rings. The summed E-state index contributed by atoms with van der Waals surface area (Å²) in [5.41, 5.74) is 1.16. The van der Waals surface area contributed by atoms with Crippen molar-refractivity contribution in [3.8, 4) is 0 Å². The van der Waals surface area contributed by atoms with E-state index in [-0.39, 0.29) is 11.5 Å². The van der Waals surface area contributed by atoms with Gasteiger partial charge in [0.1, 0.15) is 5.82 Å². The van der Waals surface area contributed by atoms with Crippen LogP contribution >= 0.6 is 0 Å². The van der Waals surface area contributed by atoms with Crippen LogP contribution in [0.5, 0.6) is 0 Å². The summed E-state index contributed by atoms with van der Waals surface area (Å²) in [5.74, 6) is -0.458. The summed E-state index contributed by atoms with van der Waals surface area (Å²) in [4.78, 5) is 23.1. The zero-order chi connectivity index (χ0) is 21.0. The van der Waals surface area contributed by atoms with Gasteiger partial charge in [-0.1, -0.05) is 0 Å². The molecule has 2 N–H and O–H groups in total. The van der Waals surface area contributed by atoms with Crippen LogP contribution in [0.25, 0.3) is 0 Å². The fourth-order valence-electron chi connectivity index (χ4n) is 3.63. The summed E-state index contributed by atoms with van der Waals surface area (Å²) in [7, 11) is 3.91. The van der Waals surface area contributed by atoms with Crippen LogP contribution in [0.15, 0.2) is 24.4 Å². The molecule has 3 rings (SSSR count). The number of carbonyl (C=O) groups excluding carboxylic acids is 1. The third kappa shape index (κ3) is 5.40. The molecule has 6 nitrogen and oxygen atoms in total. The molecule has 156 valence electrons. The van der Waals surface area contributed by atoms with E-state index in [1.54, 1.807) is 0 Å². The van der Waals surface area contributed by atoms with Gasteiger partial charge in [0, 0.05) is 44.0 Å². The number of rotatable bonds is 6. The molecule has 1 aromatic heterocycles. The Kier molecular flexibility index (Phi) is 6.61. The highest BCUT2D eigenvalue weighted by molar-refractivity contribution is 5.94. The number of anilines is 2. The molecule has 1 saturated carbocycles. The van der Waals surface area contributed by atoms with Gasteiger partial charge in [-0.15, -0.1) is 0 Å². The Balaban J connectivity index is 1.46. The van der Waals surface area contributed by atoms with Crippen molar-refractivity contribution in [2.24, 2.45) is 5.92 Å². The van der Waals surface area contributed by atoms with Gasteiger partial charge in [0.15, 0.2) is 11.6 Å². The van der Waals surface area contributed by atoms with Gasteiger partial charge in [-0.05, 0) is 56.7 Å². The molecule has 1 aliphatic carbocycles. The van der Waals surface area contributed by atoms with E-state index in [2.05, 4.69) is 20.6 Å². The van der Waals surface area contributed by atoms with Crippen LogP contribution in [0.1, 0.15) is 41.6 Å². The Morgan fingerprint density at radius 2 is 1.90 bits per heavy atom. The van der Waals surface area contributed by atoms with Crippen molar-refractivity contribution >= 4 is 17.7 Å². The van der Waals surface area contributed by atoms with Crippen molar-refractivity contribution < 1.29 is 13.6 Å². The largest absolute Gasteiger partial charge is 0.362 e. The molecule has 0 unspecified atom stereocenters. The van der Waals surface area contributed by atoms with Crippen molar-refractivity contribution in [1.82, 2.24) is 15.3 Å². The van der Waals surface area contributed by atoms with Crippen LogP contribution < -0.4 is 15.5 Å². The maximum atomic E-state index is 13.3. The number of hydrogen-bond donors (Lipinski definition) is 2.